The summed E-state index contributed by atoms with van der Waals surface area (Å²) in [7, 11) is 1.39. The molecule has 0 atom stereocenters. The zero-order chi connectivity index (χ0) is 20.9. The van der Waals surface area contributed by atoms with Gasteiger partial charge in [-0.05, 0) is 36.0 Å². The Morgan fingerprint density at radius 1 is 1.17 bits per heavy atom. The van der Waals surface area contributed by atoms with Crippen LogP contribution in [-0.4, -0.2) is 54.2 Å². The smallest absolute Gasteiger partial charge is 0.340 e. The predicted molar refractivity (Wildman–Crippen MR) is 123 cm³/mol. The molecule has 1 N–H and O–H groups in total. The molecule has 1 saturated heterocycles. The molecule has 0 amide bonds. The van der Waals surface area contributed by atoms with E-state index in [4.69, 9.17) is 21.4 Å². The molecule has 3 aromatic rings. The van der Waals surface area contributed by atoms with Crippen LogP contribution in [0.1, 0.15) is 16.1 Å². The van der Waals surface area contributed by atoms with E-state index in [2.05, 4.69) is 15.1 Å². The van der Waals surface area contributed by atoms with Crippen LogP contribution in [0.4, 0.5) is 5.00 Å². The third kappa shape index (κ3) is 4.72. The molecule has 1 fully saturated rings. The van der Waals surface area contributed by atoms with Gasteiger partial charge in [0.1, 0.15) is 10.8 Å². The Morgan fingerprint density at radius 2 is 1.93 bits per heavy atom. The average molecular weight is 442 g/mol. The molecule has 0 unspecified atom stereocenters. The Hall–Kier alpha value is -2.68. The van der Waals surface area contributed by atoms with Crippen LogP contribution in [-0.2, 0) is 11.3 Å². The number of carbonyl (C=O) groups excluding carboxylic acids is 1. The van der Waals surface area contributed by atoms with Crippen molar-refractivity contribution in [2.24, 2.45) is 0 Å². The van der Waals surface area contributed by atoms with Crippen LogP contribution in [0.3, 0.4) is 0 Å². The highest BCUT2D eigenvalue weighted by molar-refractivity contribution is 7.80. The number of nitrogens with zero attached hydrogens (tertiary/aromatic N) is 2. The number of hydrogen-bond donors (Lipinski definition) is 1. The Kier molecular flexibility index (Phi) is 6.47. The molecule has 0 saturated carbocycles. The van der Waals surface area contributed by atoms with Gasteiger partial charge in [0, 0.05) is 31.1 Å². The van der Waals surface area contributed by atoms with Crippen molar-refractivity contribution in [3.63, 3.8) is 0 Å². The molecule has 1 aliphatic rings. The van der Waals surface area contributed by atoms with Gasteiger partial charge in [0.2, 0.25) is 0 Å². The third-order valence-corrected chi connectivity index (χ3v) is 6.50. The highest BCUT2D eigenvalue weighted by atomic mass is 32.1. The van der Waals surface area contributed by atoms with Crippen LogP contribution in [0, 0.1) is 0 Å². The van der Waals surface area contributed by atoms with Crippen LogP contribution in [0.5, 0.6) is 0 Å². The molecule has 6 nitrogen and oxygen atoms in total. The van der Waals surface area contributed by atoms with Crippen molar-refractivity contribution in [1.29, 1.82) is 0 Å². The first kappa shape index (κ1) is 20.6. The second-order valence-electron chi connectivity index (χ2n) is 6.98. The second kappa shape index (κ2) is 9.42. The Morgan fingerprint density at radius 3 is 2.60 bits per heavy atom. The fourth-order valence-corrected chi connectivity index (χ4v) is 4.80. The highest BCUT2D eigenvalue weighted by Gasteiger charge is 2.23. The summed E-state index contributed by atoms with van der Waals surface area (Å²) in [5.74, 6) is 0.598. The van der Waals surface area contributed by atoms with E-state index in [-0.39, 0.29) is 5.97 Å². The number of thiophene rings is 1. The van der Waals surface area contributed by atoms with Crippen molar-refractivity contribution >= 4 is 39.6 Å². The van der Waals surface area contributed by atoms with Crippen LogP contribution >= 0.6 is 23.6 Å². The summed E-state index contributed by atoms with van der Waals surface area (Å²) in [6, 6.07) is 15.7. The summed E-state index contributed by atoms with van der Waals surface area (Å²) in [5.41, 5.74) is 1.55. The molecule has 0 aliphatic carbocycles. The summed E-state index contributed by atoms with van der Waals surface area (Å²) < 4.78 is 10.4. The van der Waals surface area contributed by atoms with Gasteiger partial charge in [-0.2, -0.15) is 0 Å². The van der Waals surface area contributed by atoms with Gasteiger partial charge in [-0.1, -0.05) is 30.3 Å². The first-order chi connectivity index (χ1) is 14.6. The Balaban J connectivity index is 1.42. The van der Waals surface area contributed by atoms with Crippen molar-refractivity contribution in [2.75, 3.05) is 38.6 Å². The van der Waals surface area contributed by atoms with E-state index in [1.165, 1.54) is 18.4 Å². The number of esters is 1. The summed E-state index contributed by atoms with van der Waals surface area (Å²) in [6.07, 6.45) is 1.70. The van der Waals surface area contributed by atoms with Crippen molar-refractivity contribution in [3.05, 3.63) is 66.1 Å². The van der Waals surface area contributed by atoms with Crippen molar-refractivity contribution in [2.45, 2.75) is 6.54 Å². The molecule has 1 aromatic carbocycles. The zero-order valence-electron chi connectivity index (χ0n) is 16.7. The van der Waals surface area contributed by atoms with Crippen LogP contribution in [0.2, 0.25) is 0 Å². The standard InChI is InChI=1S/C22H23N3O3S2/c1-27-21(26)18-14-19(16-6-3-2-4-7-16)30-20(18)23-22(29)25-11-9-24(10-12-25)15-17-8-5-13-28-17/h2-8,13-14H,9-12,15H2,1H3,(H,23,29). The number of thiocarbonyl (C=S) groups is 1. The lowest BCUT2D eigenvalue weighted by Gasteiger charge is -2.35. The number of carbonyl (C=O) groups is 1. The molecular formula is C22H23N3O3S2. The number of benzene rings is 1. The number of rotatable bonds is 5. The third-order valence-electron chi connectivity index (χ3n) is 5.04. The number of piperazine rings is 1. The SMILES string of the molecule is COC(=O)c1cc(-c2ccccc2)sc1NC(=S)N1CCN(Cc2ccco2)CC1. The Bertz CT molecular complexity index is 994. The first-order valence-corrected chi connectivity index (χ1v) is 10.9. The van der Waals surface area contributed by atoms with E-state index in [1.807, 2.05) is 48.5 Å². The number of nitrogens with one attached hydrogen (secondary N) is 1. The van der Waals surface area contributed by atoms with Crippen molar-refractivity contribution in [1.82, 2.24) is 9.80 Å². The normalized spacial score (nSPS) is 14.5. The Labute approximate surface area is 185 Å². The number of ether oxygens (including phenoxy) is 1. The van der Waals surface area contributed by atoms with Gasteiger partial charge in [0.15, 0.2) is 5.11 Å². The lowest BCUT2D eigenvalue weighted by Crippen LogP contribution is -2.49. The van der Waals surface area contributed by atoms with Gasteiger partial charge >= 0.3 is 5.97 Å². The zero-order valence-corrected chi connectivity index (χ0v) is 18.3. The molecule has 0 bridgehead atoms. The molecule has 156 valence electrons. The van der Waals surface area contributed by atoms with Gasteiger partial charge in [-0.15, -0.1) is 11.3 Å². The number of anilines is 1. The fourth-order valence-electron chi connectivity index (χ4n) is 3.40. The van der Waals surface area contributed by atoms with Crippen molar-refractivity contribution < 1.29 is 13.9 Å². The maximum Gasteiger partial charge on any atom is 0.340 e. The number of methoxy groups -OCH3 is 1. The summed E-state index contributed by atoms with van der Waals surface area (Å²) in [4.78, 5) is 17.8. The number of furan rings is 1. The molecule has 0 spiro atoms. The van der Waals surface area contributed by atoms with Crippen LogP contribution in [0.15, 0.2) is 59.2 Å². The maximum absolute atomic E-state index is 12.3. The molecule has 1 aliphatic heterocycles. The van der Waals surface area contributed by atoms with Gasteiger partial charge in [0.05, 0.1) is 25.5 Å². The molecule has 2 aromatic heterocycles. The van der Waals surface area contributed by atoms with E-state index in [1.54, 1.807) is 6.26 Å². The van der Waals surface area contributed by atoms with Crippen LogP contribution in [0.25, 0.3) is 10.4 Å². The number of hydrogen-bond acceptors (Lipinski definition) is 6. The molecule has 0 radical (unpaired) electrons. The first-order valence-electron chi connectivity index (χ1n) is 9.72. The highest BCUT2D eigenvalue weighted by Crippen LogP contribution is 2.36. The maximum atomic E-state index is 12.3. The van der Waals surface area contributed by atoms with Gasteiger partial charge in [0.25, 0.3) is 0 Å². The minimum atomic E-state index is -0.373. The van der Waals surface area contributed by atoms with Gasteiger partial charge < -0.3 is 19.4 Å². The summed E-state index contributed by atoms with van der Waals surface area (Å²) >= 11 is 7.15. The molecule has 8 heteroatoms. The molecule has 30 heavy (non-hydrogen) atoms. The predicted octanol–water partition coefficient (Wildman–Crippen LogP) is 4.31. The van der Waals surface area contributed by atoms with E-state index in [0.717, 1.165) is 48.9 Å². The van der Waals surface area contributed by atoms with Gasteiger partial charge in [-0.3, -0.25) is 4.90 Å². The second-order valence-corrected chi connectivity index (χ2v) is 8.42. The van der Waals surface area contributed by atoms with Crippen LogP contribution < -0.4 is 5.32 Å². The lowest BCUT2D eigenvalue weighted by molar-refractivity contribution is 0.0602. The quantitative estimate of drug-likeness (QED) is 0.468. The molecular weight excluding hydrogens is 418 g/mol. The summed E-state index contributed by atoms with van der Waals surface area (Å²) in [6.45, 7) is 4.23. The summed E-state index contributed by atoms with van der Waals surface area (Å²) in [5, 5.41) is 4.62. The van der Waals surface area contributed by atoms with E-state index >= 15 is 0 Å². The fraction of sp³-hybridized carbons (Fsp3) is 0.273. The monoisotopic (exact) mass is 441 g/mol. The average Bonchev–Trinajstić information content (AvgIpc) is 3.44. The lowest BCUT2D eigenvalue weighted by atomic mass is 10.1. The van der Waals surface area contributed by atoms with E-state index < -0.39 is 0 Å². The molecule has 4 rings (SSSR count). The largest absolute Gasteiger partial charge is 0.468 e. The molecule has 3 heterocycles. The van der Waals surface area contributed by atoms with Gasteiger partial charge in [-0.25, -0.2) is 4.79 Å². The van der Waals surface area contributed by atoms with E-state index in [0.29, 0.717) is 15.7 Å². The van der Waals surface area contributed by atoms with Crippen molar-refractivity contribution in [3.8, 4) is 10.4 Å². The minimum Gasteiger partial charge on any atom is -0.468 e. The topological polar surface area (TPSA) is 58.0 Å². The minimum absolute atomic E-state index is 0.373. The van der Waals surface area contributed by atoms with E-state index in [9.17, 15) is 4.79 Å².